The van der Waals surface area contributed by atoms with Crippen LogP contribution >= 0.6 is 0 Å². The van der Waals surface area contributed by atoms with Crippen molar-refractivity contribution in [1.82, 2.24) is 15.1 Å². The minimum absolute atomic E-state index is 0.0313. The molecule has 0 spiro atoms. The van der Waals surface area contributed by atoms with Crippen molar-refractivity contribution in [3.63, 3.8) is 0 Å². The van der Waals surface area contributed by atoms with Crippen molar-refractivity contribution in [1.29, 1.82) is 0 Å². The molecule has 1 amide bonds. The summed E-state index contributed by atoms with van der Waals surface area (Å²) in [7, 11) is 0. The van der Waals surface area contributed by atoms with Crippen molar-refractivity contribution < 1.29 is 9.53 Å². The van der Waals surface area contributed by atoms with Gasteiger partial charge in [0.05, 0.1) is 18.8 Å². The normalized spacial score (nSPS) is 22.2. The molecular weight excluding hydrogens is 302 g/mol. The van der Waals surface area contributed by atoms with E-state index in [1.807, 2.05) is 6.92 Å². The van der Waals surface area contributed by atoms with Gasteiger partial charge in [0.2, 0.25) is 5.91 Å². The quantitative estimate of drug-likeness (QED) is 0.700. The first-order chi connectivity index (χ1) is 11.6. The summed E-state index contributed by atoms with van der Waals surface area (Å²) >= 11 is 0. The maximum absolute atomic E-state index is 12.4. The Labute approximate surface area is 148 Å². The second-order valence-electron chi connectivity index (χ2n) is 7.35. The van der Waals surface area contributed by atoms with Gasteiger partial charge in [-0.15, -0.1) is 0 Å². The number of hydrogen-bond acceptors (Lipinski definition) is 4. The van der Waals surface area contributed by atoms with E-state index in [9.17, 15) is 4.79 Å². The molecule has 2 fully saturated rings. The van der Waals surface area contributed by atoms with Gasteiger partial charge in [0.1, 0.15) is 0 Å². The zero-order valence-corrected chi connectivity index (χ0v) is 15.9. The lowest BCUT2D eigenvalue weighted by Crippen LogP contribution is -2.51. The number of carbonyl (C=O) groups is 1. The van der Waals surface area contributed by atoms with Crippen LogP contribution in [0.25, 0.3) is 0 Å². The van der Waals surface area contributed by atoms with E-state index in [-0.39, 0.29) is 11.9 Å². The van der Waals surface area contributed by atoms with Gasteiger partial charge in [-0.3, -0.25) is 9.69 Å². The van der Waals surface area contributed by atoms with Crippen LogP contribution in [-0.2, 0) is 9.53 Å². The molecular formula is C19H37N3O2. The molecule has 0 aromatic rings. The van der Waals surface area contributed by atoms with Gasteiger partial charge in [-0.2, -0.15) is 0 Å². The third kappa shape index (κ3) is 6.01. The maximum atomic E-state index is 12.4. The Morgan fingerprint density at radius 1 is 1.12 bits per heavy atom. The first-order valence-electron chi connectivity index (χ1n) is 10.0. The second kappa shape index (κ2) is 10.4. The van der Waals surface area contributed by atoms with Crippen LogP contribution in [0.15, 0.2) is 0 Å². The van der Waals surface area contributed by atoms with Gasteiger partial charge in [-0.1, -0.05) is 13.8 Å². The molecule has 2 heterocycles. The molecule has 0 aliphatic carbocycles. The lowest BCUT2D eigenvalue weighted by atomic mass is 10.1. The molecule has 0 aromatic heterocycles. The summed E-state index contributed by atoms with van der Waals surface area (Å²) in [6.45, 7) is 12.6. The average Bonchev–Trinajstić information content (AvgIpc) is 3.13. The van der Waals surface area contributed by atoms with Crippen molar-refractivity contribution in [3.8, 4) is 0 Å². The minimum atomic E-state index is -0.0313. The Morgan fingerprint density at radius 2 is 1.75 bits per heavy atom. The molecule has 140 valence electrons. The summed E-state index contributed by atoms with van der Waals surface area (Å²) < 4.78 is 6.06. The lowest BCUT2D eigenvalue weighted by molar-refractivity contribution is -0.127. The molecule has 2 rings (SSSR count). The van der Waals surface area contributed by atoms with E-state index in [0.29, 0.717) is 12.1 Å². The number of piperidine rings is 1. The van der Waals surface area contributed by atoms with Crippen molar-refractivity contribution in [2.45, 2.75) is 77.5 Å². The number of likely N-dealkylation sites (tertiary alicyclic amines) is 2. The van der Waals surface area contributed by atoms with Gasteiger partial charge in [-0.25, -0.2) is 0 Å². The molecule has 1 atom stereocenters. The zero-order valence-electron chi connectivity index (χ0n) is 15.9. The van der Waals surface area contributed by atoms with Gasteiger partial charge < -0.3 is 15.0 Å². The largest absolute Gasteiger partial charge is 0.377 e. The highest BCUT2D eigenvalue weighted by molar-refractivity contribution is 5.81. The highest BCUT2D eigenvalue weighted by Gasteiger charge is 2.27. The van der Waals surface area contributed by atoms with E-state index in [4.69, 9.17) is 4.74 Å². The maximum Gasteiger partial charge on any atom is 0.237 e. The molecule has 0 saturated carbocycles. The number of nitrogens with zero attached hydrogens (tertiary/aromatic N) is 2. The fourth-order valence-corrected chi connectivity index (χ4v) is 3.76. The third-order valence-corrected chi connectivity index (χ3v) is 5.70. The van der Waals surface area contributed by atoms with Crippen molar-refractivity contribution >= 4 is 5.91 Å². The van der Waals surface area contributed by atoms with Crippen molar-refractivity contribution in [2.24, 2.45) is 0 Å². The summed E-state index contributed by atoms with van der Waals surface area (Å²) in [5.74, 6) is 0.178. The van der Waals surface area contributed by atoms with E-state index >= 15 is 0 Å². The van der Waals surface area contributed by atoms with Gasteiger partial charge in [0.25, 0.3) is 0 Å². The molecule has 0 bridgehead atoms. The van der Waals surface area contributed by atoms with E-state index < -0.39 is 0 Å². The second-order valence-corrected chi connectivity index (χ2v) is 7.35. The first kappa shape index (κ1) is 19.7. The van der Waals surface area contributed by atoms with Crippen molar-refractivity contribution in [2.75, 3.05) is 39.3 Å². The highest BCUT2D eigenvalue weighted by atomic mass is 16.5. The Morgan fingerprint density at radius 3 is 2.33 bits per heavy atom. The summed E-state index contributed by atoms with van der Waals surface area (Å²) in [6, 6.07) is 0.280. The predicted octanol–water partition coefficient (Wildman–Crippen LogP) is 2.26. The number of rotatable bonds is 9. The SMILES string of the molecule is CCC(CC)NC(=O)C(C)N1CCC(OCCN2CCCC2)CC1. The Balaban J connectivity index is 1.63. The molecule has 1 N–H and O–H groups in total. The number of hydrogen-bond donors (Lipinski definition) is 1. The highest BCUT2D eigenvalue weighted by Crippen LogP contribution is 2.17. The van der Waals surface area contributed by atoms with Crippen LogP contribution in [-0.4, -0.2) is 73.2 Å². The summed E-state index contributed by atoms with van der Waals surface area (Å²) in [4.78, 5) is 17.2. The molecule has 1 unspecified atom stereocenters. The molecule has 0 radical (unpaired) electrons. The third-order valence-electron chi connectivity index (χ3n) is 5.70. The smallest absolute Gasteiger partial charge is 0.237 e. The van der Waals surface area contributed by atoms with Crippen LogP contribution < -0.4 is 5.32 Å². The Hall–Kier alpha value is -0.650. The summed E-state index contributed by atoms with van der Waals surface area (Å²) in [5, 5.41) is 3.17. The van der Waals surface area contributed by atoms with Gasteiger partial charge in [-0.05, 0) is 58.5 Å². The van der Waals surface area contributed by atoms with Crippen LogP contribution in [0.1, 0.15) is 59.3 Å². The zero-order chi connectivity index (χ0) is 17.4. The van der Waals surface area contributed by atoms with E-state index in [0.717, 1.165) is 51.9 Å². The lowest BCUT2D eigenvalue weighted by Gasteiger charge is -2.35. The van der Waals surface area contributed by atoms with Gasteiger partial charge in [0.15, 0.2) is 0 Å². The first-order valence-corrected chi connectivity index (χ1v) is 10.0. The number of ether oxygens (including phenoxy) is 1. The van der Waals surface area contributed by atoms with Gasteiger partial charge >= 0.3 is 0 Å². The standard InChI is InChI=1S/C19H37N3O2/c1-4-17(5-2)20-19(23)16(3)22-12-8-18(9-13-22)24-15-14-21-10-6-7-11-21/h16-18H,4-15H2,1-3H3,(H,20,23). The van der Waals surface area contributed by atoms with Crippen LogP contribution in [0, 0.1) is 0 Å². The topological polar surface area (TPSA) is 44.8 Å². The van der Waals surface area contributed by atoms with Crippen LogP contribution in [0.3, 0.4) is 0 Å². The molecule has 5 heteroatoms. The average molecular weight is 340 g/mol. The molecule has 2 aliphatic rings. The summed E-state index contributed by atoms with van der Waals surface area (Å²) in [5.41, 5.74) is 0. The van der Waals surface area contributed by atoms with Crippen LogP contribution in [0.5, 0.6) is 0 Å². The predicted molar refractivity (Wildman–Crippen MR) is 98.2 cm³/mol. The minimum Gasteiger partial charge on any atom is -0.377 e. The molecule has 2 saturated heterocycles. The van der Waals surface area contributed by atoms with Gasteiger partial charge in [0, 0.05) is 25.7 Å². The van der Waals surface area contributed by atoms with Crippen LogP contribution in [0.2, 0.25) is 0 Å². The fourth-order valence-electron chi connectivity index (χ4n) is 3.76. The van der Waals surface area contributed by atoms with Crippen molar-refractivity contribution in [3.05, 3.63) is 0 Å². The number of nitrogens with one attached hydrogen (secondary N) is 1. The Bertz CT molecular complexity index is 360. The molecule has 2 aliphatic heterocycles. The fraction of sp³-hybridized carbons (Fsp3) is 0.947. The van der Waals surface area contributed by atoms with Crippen LogP contribution in [0.4, 0.5) is 0 Å². The molecule has 5 nitrogen and oxygen atoms in total. The van der Waals surface area contributed by atoms with E-state index in [2.05, 4.69) is 29.0 Å². The summed E-state index contributed by atoms with van der Waals surface area (Å²) in [6.07, 6.45) is 7.15. The molecule has 24 heavy (non-hydrogen) atoms. The number of amides is 1. The number of carbonyl (C=O) groups excluding carboxylic acids is 1. The monoisotopic (exact) mass is 339 g/mol. The Kier molecular flexibility index (Phi) is 8.50. The molecule has 0 aromatic carbocycles. The van der Waals surface area contributed by atoms with E-state index in [1.54, 1.807) is 0 Å². The van der Waals surface area contributed by atoms with E-state index in [1.165, 1.54) is 25.9 Å².